The fourth-order valence-corrected chi connectivity index (χ4v) is 3.61. The minimum Gasteiger partial charge on any atom is -0.489 e. The van der Waals surface area contributed by atoms with E-state index in [1.807, 2.05) is 0 Å². The second-order valence-electron chi connectivity index (χ2n) is 7.55. The van der Waals surface area contributed by atoms with Crippen molar-refractivity contribution in [2.75, 3.05) is 6.61 Å². The third-order valence-electron chi connectivity index (χ3n) is 5.34. The number of hydrogen-bond acceptors (Lipinski definition) is 6. The van der Waals surface area contributed by atoms with Crippen molar-refractivity contribution in [1.29, 1.82) is 0 Å². The Bertz CT molecular complexity index is 1250. The Kier molecular flexibility index (Phi) is 7.01. The molecule has 0 spiro atoms. The van der Waals surface area contributed by atoms with Gasteiger partial charge in [0.1, 0.15) is 36.4 Å². The molecule has 0 saturated carbocycles. The molecule has 3 atom stereocenters. The van der Waals surface area contributed by atoms with Gasteiger partial charge in [0.25, 0.3) is 6.43 Å². The predicted octanol–water partition coefficient (Wildman–Crippen LogP) is 4.18. The number of hydrogen-bond donors (Lipinski definition) is 1. The number of pyridine rings is 1. The van der Waals surface area contributed by atoms with Gasteiger partial charge in [-0.15, -0.1) is 5.10 Å². The summed E-state index contributed by atoms with van der Waals surface area (Å²) >= 11 is 0. The van der Waals surface area contributed by atoms with E-state index in [9.17, 15) is 27.1 Å². The van der Waals surface area contributed by atoms with Crippen LogP contribution in [0.3, 0.4) is 0 Å². The van der Waals surface area contributed by atoms with Gasteiger partial charge in [-0.3, -0.25) is 4.98 Å². The molecule has 0 saturated heterocycles. The topological polar surface area (TPSA) is 86.0 Å². The molecular weight excluding hydrogens is 473 g/mol. The lowest BCUT2D eigenvalue weighted by atomic mass is 9.84. The molecule has 4 rings (SSSR count). The Morgan fingerprint density at radius 2 is 1.77 bits per heavy atom. The van der Waals surface area contributed by atoms with Gasteiger partial charge in [-0.2, -0.15) is 0 Å². The molecule has 7 nitrogen and oxygen atoms in total. The summed E-state index contributed by atoms with van der Waals surface area (Å²) in [6, 6.07) is 10.9. The second kappa shape index (κ2) is 10.1. The highest BCUT2D eigenvalue weighted by atomic mass is 19.3. The molecule has 1 N–H and O–H groups in total. The quantitative estimate of drug-likeness (QED) is 0.354. The molecule has 182 valence electrons. The second-order valence-corrected chi connectivity index (χ2v) is 7.55. The monoisotopic (exact) mass is 491 g/mol. The molecule has 2 heterocycles. The summed E-state index contributed by atoms with van der Waals surface area (Å²) in [7, 11) is 0. The highest BCUT2D eigenvalue weighted by molar-refractivity contribution is 5.32. The summed E-state index contributed by atoms with van der Waals surface area (Å²) in [6.45, 7) is -0.330. The Labute approximate surface area is 195 Å². The number of nitrogens with zero attached hydrogens (tertiary/aromatic N) is 5. The zero-order valence-electron chi connectivity index (χ0n) is 17.8. The van der Waals surface area contributed by atoms with Gasteiger partial charge in [0.05, 0.1) is 11.9 Å². The first-order chi connectivity index (χ1) is 16.8. The molecule has 0 bridgehead atoms. The number of aromatic nitrogens is 5. The number of tetrazole rings is 1. The van der Waals surface area contributed by atoms with Crippen molar-refractivity contribution in [3.63, 3.8) is 0 Å². The maximum Gasteiger partial charge on any atom is 0.273 e. The van der Waals surface area contributed by atoms with E-state index in [-0.39, 0.29) is 18.1 Å². The van der Waals surface area contributed by atoms with E-state index >= 15 is 0 Å². The maximum atomic E-state index is 14.5. The van der Waals surface area contributed by atoms with Gasteiger partial charge in [-0.25, -0.2) is 26.6 Å². The zero-order chi connectivity index (χ0) is 25.0. The number of benzene rings is 2. The van der Waals surface area contributed by atoms with Crippen molar-refractivity contribution in [2.45, 2.75) is 24.2 Å². The largest absolute Gasteiger partial charge is 0.489 e. The van der Waals surface area contributed by atoms with Crippen LogP contribution in [-0.4, -0.2) is 43.3 Å². The van der Waals surface area contributed by atoms with E-state index in [1.54, 1.807) is 30.3 Å². The first-order valence-corrected chi connectivity index (χ1v) is 10.3. The van der Waals surface area contributed by atoms with Gasteiger partial charge in [0.2, 0.25) is 0 Å². The molecule has 2 aromatic heterocycles. The van der Waals surface area contributed by atoms with Crippen molar-refractivity contribution in [2.24, 2.45) is 0 Å². The summed E-state index contributed by atoms with van der Waals surface area (Å²) in [5, 5.41) is 21.5. The van der Waals surface area contributed by atoms with Crippen LogP contribution < -0.4 is 4.74 Å². The molecular formula is C23H18F5N5O2. The minimum absolute atomic E-state index is 0.122. The Morgan fingerprint density at radius 3 is 2.37 bits per heavy atom. The van der Waals surface area contributed by atoms with Crippen molar-refractivity contribution >= 4 is 0 Å². The molecule has 35 heavy (non-hydrogen) atoms. The average Bonchev–Trinajstić information content (AvgIpc) is 3.38. The molecule has 12 heteroatoms. The van der Waals surface area contributed by atoms with E-state index in [0.29, 0.717) is 11.6 Å². The van der Waals surface area contributed by atoms with Crippen molar-refractivity contribution in [1.82, 2.24) is 25.2 Å². The van der Waals surface area contributed by atoms with Crippen molar-refractivity contribution < 1.29 is 31.8 Å². The van der Waals surface area contributed by atoms with Gasteiger partial charge in [-0.1, -0.05) is 30.3 Å². The van der Waals surface area contributed by atoms with Crippen LogP contribution in [0, 0.1) is 11.6 Å². The summed E-state index contributed by atoms with van der Waals surface area (Å²) in [5.74, 6) is -2.28. The molecule has 4 aromatic rings. The number of aliphatic hydroxyl groups is 1. The van der Waals surface area contributed by atoms with Gasteiger partial charge in [0, 0.05) is 11.6 Å². The molecule has 0 aliphatic heterocycles. The Hall–Kier alpha value is -3.93. The van der Waals surface area contributed by atoms with Crippen LogP contribution in [0.1, 0.15) is 29.0 Å². The lowest BCUT2D eigenvalue weighted by Crippen LogP contribution is -2.45. The van der Waals surface area contributed by atoms with Crippen LogP contribution in [0.25, 0.3) is 0 Å². The summed E-state index contributed by atoms with van der Waals surface area (Å²) in [5.41, 5.74) is -3.88. The fraction of sp³-hybridized carbons (Fsp3) is 0.217. The molecule has 3 unspecified atom stereocenters. The Morgan fingerprint density at radius 1 is 1.00 bits per heavy atom. The number of halogens is 5. The molecule has 0 fully saturated rings. The van der Waals surface area contributed by atoms with E-state index in [1.165, 1.54) is 12.1 Å². The minimum atomic E-state index is -3.56. The number of ether oxygens (including phenoxy) is 1. The third-order valence-corrected chi connectivity index (χ3v) is 5.34. The van der Waals surface area contributed by atoms with E-state index < -0.39 is 41.4 Å². The summed E-state index contributed by atoms with van der Waals surface area (Å²) in [4.78, 5) is 4.05. The fourth-order valence-electron chi connectivity index (χ4n) is 3.61. The normalized spacial score (nSPS) is 14.9. The zero-order valence-corrected chi connectivity index (χ0v) is 17.8. The predicted molar refractivity (Wildman–Crippen MR) is 112 cm³/mol. The van der Waals surface area contributed by atoms with E-state index in [0.717, 1.165) is 29.3 Å². The Balaban J connectivity index is 1.65. The third kappa shape index (κ3) is 4.97. The molecule has 0 amide bonds. The lowest BCUT2D eigenvalue weighted by Gasteiger charge is -2.35. The average molecular weight is 491 g/mol. The summed E-state index contributed by atoms with van der Waals surface area (Å²) in [6.07, 6.45) is -2.90. The van der Waals surface area contributed by atoms with Crippen LogP contribution in [-0.2, 0) is 5.60 Å². The van der Waals surface area contributed by atoms with Crippen molar-refractivity contribution in [3.8, 4) is 5.75 Å². The van der Waals surface area contributed by atoms with Crippen LogP contribution in [0.2, 0.25) is 0 Å². The van der Waals surface area contributed by atoms with Gasteiger partial charge < -0.3 is 9.84 Å². The number of alkyl halides is 3. The van der Waals surface area contributed by atoms with Crippen LogP contribution >= 0.6 is 0 Å². The smallest absolute Gasteiger partial charge is 0.273 e. The van der Waals surface area contributed by atoms with Gasteiger partial charge in [-0.05, 0) is 40.3 Å². The summed E-state index contributed by atoms with van der Waals surface area (Å²) < 4.78 is 77.2. The molecule has 0 radical (unpaired) electrons. The number of rotatable bonds is 9. The standard InChI is InChI=1S/C23H18F5N5O2/c24-15-6-8-17(18(25)10-15)23(34,22(27)28)21(33-13-30-31-32-33)20-9-7-16(11-29-20)35-12-19(26)14-4-2-1-3-5-14/h1-11,13,19,21-22,34H,12H2. The van der Waals surface area contributed by atoms with Gasteiger partial charge >= 0.3 is 0 Å². The molecule has 0 aliphatic carbocycles. The lowest BCUT2D eigenvalue weighted by molar-refractivity contribution is -0.131. The first kappa shape index (κ1) is 24.2. The van der Waals surface area contributed by atoms with Crippen molar-refractivity contribution in [3.05, 3.63) is 102 Å². The SMILES string of the molecule is OC(c1ccc(F)cc1F)(C(F)F)C(c1ccc(OCC(F)c2ccccc2)cn1)n1cnnn1. The highest BCUT2D eigenvalue weighted by Crippen LogP contribution is 2.43. The van der Waals surface area contributed by atoms with E-state index in [2.05, 4.69) is 20.5 Å². The molecule has 0 aliphatic rings. The van der Waals surface area contributed by atoms with Gasteiger partial charge in [0.15, 0.2) is 11.8 Å². The maximum absolute atomic E-state index is 14.5. The highest BCUT2D eigenvalue weighted by Gasteiger charge is 2.52. The van der Waals surface area contributed by atoms with Crippen LogP contribution in [0.15, 0.2) is 73.2 Å². The molecule has 2 aromatic carbocycles. The van der Waals surface area contributed by atoms with Crippen LogP contribution in [0.5, 0.6) is 5.75 Å². The first-order valence-electron chi connectivity index (χ1n) is 10.3. The van der Waals surface area contributed by atoms with Crippen LogP contribution in [0.4, 0.5) is 22.0 Å². The van der Waals surface area contributed by atoms with E-state index in [4.69, 9.17) is 4.74 Å².